The van der Waals surface area contributed by atoms with Crippen LogP contribution < -0.4 is 5.32 Å². The van der Waals surface area contributed by atoms with E-state index in [2.05, 4.69) is 21.2 Å². The SMILES string of the molecule is Cc1c(Br)cccc1NC(=O)N(C)CC(=O)O. The van der Waals surface area contributed by atoms with Crippen molar-refractivity contribution in [1.29, 1.82) is 0 Å². The first-order valence-electron chi connectivity index (χ1n) is 4.91. The van der Waals surface area contributed by atoms with Crippen LogP contribution in [0.2, 0.25) is 0 Å². The number of benzene rings is 1. The van der Waals surface area contributed by atoms with Gasteiger partial charge in [0, 0.05) is 17.2 Å². The average Bonchev–Trinajstić information content (AvgIpc) is 2.23. The van der Waals surface area contributed by atoms with Gasteiger partial charge in [-0.1, -0.05) is 22.0 Å². The van der Waals surface area contributed by atoms with E-state index in [1.54, 1.807) is 12.1 Å². The van der Waals surface area contributed by atoms with Gasteiger partial charge in [-0.05, 0) is 24.6 Å². The third-order valence-electron chi connectivity index (χ3n) is 2.23. The van der Waals surface area contributed by atoms with Gasteiger partial charge in [-0.3, -0.25) is 4.79 Å². The van der Waals surface area contributed by atoms with E-state index >= 15 is 0 Å². The molecule has 1 aromatic rings. The van der Waals surface area contributed by atoms with Gasteiger partial charge in [0.25, 0.3) is 0 Å². The van der Waals surface area contributed by atoms with E-state index in [1.165, 1.54) is 7.05 Å². The van der Waals surface area contributed by atoms with Gasteiger partial charge in [0.2, 0.25) is 0 Å². The molecule has 0 radical (unpaired) electrons. The molecule has 2 N–H and O–H groups in total. The number of anilines is 1. The van der Waals surface area contributed by atoms with Crippen LogP contribution in [0.25, 0.3) is 0 Å². The molecule has 0 saturated heterocycles. The quantitative estimate of drug-likeness (QED) is 0.900. The summed E-state index contributed by atoms with van der Waals surface area (Å²) in [6.07, 6.45) is 0. The van der Waals surface area contributed by atoms with Crippen molar-refractivity contribution in [1.82, 2.24) is 4.90 Å². The number of likely N-dealkylation sites (N-methyl/N-ethyl adjacent to an activating group) is 1. The first-order valence-corrected chi connectivity index (χ1v) is 5.70. The molecule has 0 aliphatic heterocycles. The number of urea groups is 1. The predicted octanol–water partition coefficient (Wildman–Crippen LogP) is 2.31. The summed E-state index contributed by atoms with van der Waals surface area (Å²) in [5.41, 5.74) is 1.55. The fourth-order valence-corrected chi connectivity index (χ4v) is 1.59. The van der Waals surface area contributed by atoms with E-state index in [4.69, 9.17) is 5.11 Å². The molecule has 0 atom stereocenters. The van der Waals surface area contributed by atoms with Crippen molar-refractivity contribution >= 4 is 33.6 Å². The van der Waals surface area contributed by atoms with Crippen LogP contribution in [0.5, 0.6) is 0 Å². The van der Waals surface area contributed by atoms with E-state index in [-0.39, 0.29) is 6.54 Å². The van der Waals surface area contributed by atoms with Gasteiger partial charge >= 0.3 is 12.0 Å². The van der Waals surface area contributed by atoms with Crippen molar-refractivity contribution in [2.24, 2.45) is 0 Å². The van der Waals surface area contributed by atoms with Crippen molar-refractivity contribution in [3.63, 3.8) is 0 Å². The molecule has 0 aromatic heterocycles. The molecule has 0 bridgehead atoms. The molecule has 0 spiro atoms. The number of hydrogen-bond donors (Lipinski definition) is 2. The number of halogens is 1. The first kappa shape index (κ1) is 13.5. The van der Waals surface area contributed by atoms with E-state index in [0.717, 1.165) is 14.9 Å². The lowest BCUT2D eigenvalue weighted by Crippen LogP contribution is -2.35. The summed E-state index contributed by atoms with van der Waals surface area (Å²) < 4.78 is 0.885. The van der Waals surface area contributed by atoms with E-state index < -0.39 is 12.0 Å². The Kier molecular flexibility index (Phi) is 4.51. The van der Waals surface area contributed by atoms with E-state index in [1.807, 2.05) is 13.0 Å². The van der Waals surface area contributed by atoms with Gasteiger partial charge in [-0.15, -0.1) is 0 Å². The molecule has 1 aromatic carbocycles. The number of amides is 2. The van der Waals surface area contributed by atoms with Crippen LogP contribution in [-0.2, 0) is 4.79 Å². The van der Waals surface area contributed by atoms with Gasteiger partial charge in [0.05, 0.1) is 0 Å². The second-order valence-corrected chi connectivity index (χ2v) is 4.45. The van der Waals surface area contributed by atoms with Gasteiger partial charge in [-0.25, -0.2) is 4.79 Å². The zero-order valence-corrected chi connectivity index (χ0v) is 11.1. The molecule has 92 valence electrons. The molecule has 1 rings (SSSR count). The van der Waals surface area contributed by atoms with Crippen molar-refractivity contribution < 1.29 is 14.7 Å². The van der Waals surface area contributed by atoms with E-state index in [0.29, 0.717) is 5.69 Å². The molecular formula is C11H13BrN2O3. The Bertz CT molecular complexity index is 448. The second-order valence-electron chi connectivity index (χ2n) is 3.59. The normalized spacial score (nSPS) is 9.82. The molecule has 0 aliphatic rings. The number of nitrogens with zero attached hydrogens (tertiary/aromatic N) is 1. The van der Waals surface area contributed by atoms with Gasteiger partial charge < -0.3 is 15.3 Å². The lowest BCUT2D eigenvalue weighted by molar-refractivity contribution is -0.137. The zero-order valence-electron chi connectivity index (χ0n) is 9.53. The highest BCUT2D eigenvalue weighted by molar-refractivity contribution is 9.10. The first-order chi connectivity index (χ1) is 7.91. The Morgan fingerprint density at radius 3 is 2.71 bits per heavy atom. The maximum absolute atomic E-state index is 11.6. The Labute approximate surface area is 108 Å². The number of carboxylic acid groups (broad SMARTS) is 1. The highest BCUT2D eigenvalue weighted by atomic mass is 79.9. The maximum Gasteiger partial charge on any atom is 0.323 e. The van der Waals surface area contributed by atoms with Crippen LogP contribution in [-0.4, -0.2) is 35.6 Å². The molecule has 17 heavy (non-hydrogen) atoms. The fourth-order valence-electron chi connectivity index (χ4n) is 1.23. The summed E-state index contributed by atoms with van der Waals surface area (Å²) >= 11 is 3.35. The molecule has 5 nitrogen and oxygen atoms in total. The molecule has 0 fully saturated rings. The van der Waals surface area contributed by atoms with Gasteiger partial charge in [0.1, 0.15) is 6.54 Å². The molecule has 0 saturated carbocycles. The number of nitrogens with one attached hydrogen (secondary N) is 1. The lowest BCUT2D eigenvalue weighted by atomic mass is 10.2. The molecule has 0 unspecified atom stereocenters. The standard InChI is InChI=1S/C11H13BrN2O3/c1-7-8(12)4-3-5-9(7)13-11(17)14(2)6-10(15)16/h3-5H,6H2,1-2H3,(H,13,17)(H,15,16). The van der Waals surface area contributed by atoms with Gasteiger partial charge in [-0.2, -0.15) is 0 Å². The fraction of sp³-hybridized carbons (Fsp3) is 0.273. The zero-order chi connectivity index (χ0) is 13.0. The van der Waals surface area contributed by atoms with Crippen LogP contribution in [0.4, 0.5) is 10.5 Å². The smallest absolute Gasteiger partial charge is 0.323 e. The predicted molar refractivity (Wildman–Crippen MR) is 68.2 cm³/mol. The number of carboxylic acids is 1. The summed E-state index contributed by atoms with van der Waals surface area (Å²) in [6.45, 7) is 1.52. The monoisotopic (exact) mass is 300 g/mol. The molecule has 0 heterocycles. The summed E-state index contributed by atoms with van der Waals surface area (Å²) in [7, 11) is 1.43. The lowest BCUT2D eigenvalue weighted by Gasteiger charge is -2.17. The Morgan fingerprint density at radius 1 is 1.47 bits per heavy atom. The van der Waals surface area contributed by atoms with Crippen molar-refractivity contribution in [3.05, 3.63) is 28.2 Å². The Hall–Kier alpha value is -1.56. The molecule has 0 aliphatic carbocycles. The van der Waals surface area contributed by atoms with Crippen LogP contribution in [0.3, 0.4) is 0 Å². The van der Waals surface area contributed by atoms with Crippen LogP contribution in [0.15, 0.2) is 22.7 Å². The number of aliphatic carboxylic acids is 1. The van der Waals surface area contributed by atoms with Crippen LogP contribution >= 0.6 is 15.9 Å². The number of carbonyl (C=O) groups is 2. The molecule has 6 heteroatoms. The topological polar surface area (TPSA) is 69.6 Å². The summed E-state index contributed by atoms with van der Waals surface area (Å²) in [5.74, 6) is -1.05. The Morgan fingerprint density at radius 2 is 2.12 bits per heavy atom. The van der Waals surface area contributed by atoms with Crippen LogP contribution in [0, 0.1) is 6.92 Å². The molecule has 2 amide bonds. The maximum atomic E-state index is 11.6. The highest BCUT2D eigenvalue weighted by Gasteiger charge is 2.13. The minimum atomic E-state index is -1.05. The third kappa shape index (κ3) is 3.74. The summed E-state index contributed by atoms with van der Waals surface area (Å²) in [6, 6.07) is 4.97. The number of hydrogen-bond acceptors (Lipinski definition) is 2. The van der Waals surface area contributed by atoms with E-state index in [9.17, 15) is 9.59 Å². The molecular weight excluding hydrogens is 288 g/mol. The number of carbonyl (C=O) groups excluding carboxylic acids is 1. The largest absolute Gasteiger partial charge is 0.480 e. The third-order valence-corrected chi connectivity index (χ3v) is 3.09. The second kappa shape index (κ2) is 5.67. The van der Waals surface area contributed by atoms with Crippen molar-refractivity contribution in [2.75, 3.05) is 18.9 Å². The summed E-state index contributed by atoms with van der Waals surface area (Å²) in [5, 5.41) is 11.2. The summed E-state index contributed by atoms with van der Waals surface area (Å²) in [4.78, 5) is 23.2. The van der Waals surface area contributed by atoms with Crippen LogP contribution in [0.1, 0.15) is 5.56 Å². The minimum Gasteiger partial charge on any atom is -0.480 e. The highest BCUT2D eigenvalue weighted by Crippen LogP contribution is 2.23. The average molecular weight is 301 g/mol. The van der Waals surface area contributed by atoms with Gasteiger partial charge in [0.15, 0.2) is 0 Å². The number of rotatable bonds is 3. The Balaban J connectivity index is 2.74. The van der Waals surface area contributed by atoms with Crippen molar-refractivity contribution in [2.45, 2.75) is 6.92 Å². The van der Waals surface area contributed by atoms with Crippen molar-refractivity contribution in [3.8, 4) is 0 Å². The minimum absolute atomic E-state index is 0.334.